The van der Waals surface area contributed by atoms with E-state index in [9.17, 15) is 4.79 Å². The summed E-state index contributed by atoms with van der Waals surface area (Å²) in [5.74, 6) is -0.108. The molecule has 0 saturated carbocycles. The van der Waals surface area contributed by atoms with Crippen LogP contribution in [0.1, 0.15) is 5.56 Å². The molecule has 0 spiro atoms. The van der Waals surface area contributed by atoms with E-state index < -0.39 is 0 Å². The highest BCUT2D eigenvalue weighted by Crippen LogP contribution is 2.32. The van der Waals surface area contributed by atoms with Crippen LogP contribution in [0.4, 0.5) is 5.69 Å². The molecule has 0 heterocycles. The van der Waals surface area contributed by atoms with Crippen molar-refractivity contribution in [2.45, 2.75) is 0 Å². The summed E-state index contributed by atoms with van der Waals surface area (Å²) in [6.07, 6.45) is 0. The zero-order valence-corrected chi connectivity index (χ0v) is 12.3. The molecule has 0 aromatic heterocycles. The third-order valence-corrected chi connectivity index (χ3v) is 3.14. The highest BCUT2D eigenvalue weighted by atomic mass is 35.5. The van der Waals surface area contributed by atoms with Crippen molar-refractivity contribution in [2.75, 3.05) is 11.9 Å². The molecule has 4 nitrogen and oxygen atoms in total. The van der Waals surface area contributed by atoms with Gasteiger partial charge in [0, 0.05) is 5.69 Å². The van der Waals surface area contributed by atoms with Gasteiger partial charge in [0.2, 0.25) is 0 Å². The summed E-state index contributed by atoms with van der Waals surface area (Å²) in [6.45, 7) is -0.236. The van der Waals surface area contributed by atoms with E-state index >= 15 is 0 Å². The van der Waals surface area contributed by atoms with Gasteiger partial charge in [-0.2, -0.15) is 5.26 Å². The molecule has 2 rings (SSSR count). The van der Waals surface area contributed by atoms with Crippen LogP contribution in [0.2, 0.25) is 10.0 Å². The van der Waals surface area contributed by atoms with Crippen molar-refractivity contribution >= 4 is 34.8 Å². The molecule has 0 aliphatic heterocycles. The maximum absolute atomic E-state index is 11.8. The summed E-state index contributed by atoms with van der Waals surface area (Å²) < 4.78 is 5.32. The van der Waals surface area contributed by atoms with Crippen molar-refractivity contribution in [3.63, 3.8) is 0 Å². The lowest BCUT2D eigenvalue weighted by Gasteiger charge is -2.10. The summed E-state index contributed by atoms with van der Waals surface area (Å²) in [7, 11) is 0. The van der Waals surface area contributed by atoms with E-state index in [-0.39, 0.29) is 18.3 Å². The number of halogens is 2. The lowest BCUT2D eigenvalue weighted by molar-refractivity contribution is -0.118. The van der Waals surface area contributed by atoms with Crippen molar-refractivity contribution in [1.29, 1.82) is 5.26 Å². The lowest BCUT2D eigenvalue weighted by atomic mass is 10.2. The molecule has 1 N–H and O–H groups in total. The Bertz CT molecular complexity index is 691. The van der Waals surface area contributed by atoms with Gasteiger partial charge in [-0.25, -0.2) is 0 Å². The topological polar surface area (TPSA) is 62.1 Å². The Labute approximate surface area is 131 Å². The van der Waals surface area contributed by atoms with Gasteiger partial charge < -0.3 is 10.1 Å². The zero-order valence-electron chi connectivity index (χ0n) is 10.8. The molecule has 1 amide bonds. The molecule has 21 heavy (non-hydrogen) atoms. The van der Waals surface area contributed by atoms with Crippen LogP contribution in [0.3, 0.4) is 0 Å². The summed E-state index contributed by atoms with van der Waals surface area (Å²) in [6, 6.07) is 13.5. The molecule has 0 radical (unpaired) electrons. The second-order valence-corrected chi connectivity index (χ2v) is 4.89. The monoisotopic (exact) mass is 320 g/mol. The molecule has 0 atom stereocenters. The Hall–Kier alpha value is -2.22. The van der Waals surface area contributed by atoms with Crippen molar-refractivity contribution in [1.82, 2.24) is 0 Å². The second-order valence-electron chi connectivity index (χ2n) is 4.08. The first-order chi connectivity index (χ1) is 10.1. The minimum absolute atomic E-state index is 0.236. The van der Waals surface area contributed by atoms with Gasteiger partial charge >= 0.3 is 0 Å². The third-order valence-electron chi connectivity index (χ3n) is 2.54. The number of ether oxygens (including phenoxy) is 1. The Morgan fingerprint density at radius 2 is 1.86 bits per heavy atom. The average molecular weight is 321 g/mol. The lowest BCUT2D eigenvalue weighted by Crippen LogP contribution is -2.20. The minimum Gasteiger partial charge on any atom is -0.481 e. The van der Waals surface area contributed by atoms with Gasteiger partial charge in [-0.1, -0.05) is 35.3 Å². The molecular weight excluding hydrogens is 311 g/mol. The number of hydrogen-bond acceptors (Lipinski definition) is 3. The molecule has 0 aliphatic carbocycles. The molecule has 2 aromatic carbocycles. The van der Waals surface area contributed by atoms with Gasteiger partial charge in [-0.05, 0) is 30.3 Å². The van der Waals surface area contributed by atoms with Crippen LogP contribution in [-0.4, -0.2) is 12.5 Å². The van der Waals surface area contributed by atoms with Gasteiger partial charge in [0.25, 0.3) is 5.91 Å². The summed E-state index contributed by atoms with van der Waals surface area (Å²) in [4.78, 5) is 11.8. The maximum atomic E-state index is 11.8. The molecule has 6 heteroatoms. The number of rotatable bonds is 4. The highest BCUT2D eigenvalue weighted by molar-refractivity contribution is 6.37. The number of nitrogens with zero attached hydrogens (tertiary/aromatic N) is 1. The highest BCUT2D eigenvalue weighted by Gasteiger charge is 2.09. The molecule has 0 saturated heterocycles. The SMILES string of the molecule is N#Cc1cccc(NC(=O)COc2c(Cl)cccc2Cl)c1. The number of carbonyl (C=O) groups is 1. The first kappa shape index (κ1) is 15.2. The van der Waals surface area contributed by atoms with Crippen LogP contribution in [0, 0.1) is 11.3 Å². The van der Waals surface area contributed by atoms with E-state index in [1.807, 2.05) is 6.07 Å². The van der Waals surface area contributed by atoms with Crippen LogP contribution < -0.4 is 10.1 Å². The Kier molecular flexibility index (Phi) is 5.04. The predicted octanol–water partition coefficient (Wildman–Crippen LogP) is 3.88. The van der Waals surface area contributed by atoms with Gasteiger partial charge in [-0.3, -0.25) is 4.79 Å². The van der Waals surface area contributed by atoms with E-state index in [2.05, 4.69) is 5.32 Å². The van der Waals surface area contributed by atoms with E-state index in [1.54, 1.807) is 42.5 Å². The number of carbonyl (C=O) groups excluding carboxylic acids is 1. The molecule has 0 unspecified atom stereocenters. The van der Waals surface area contributed by atoms with E-state index in [0.717, 1.165) is 0 Å². The Morgan fingerprint density at radius 1 is 1.19 bits per heavy atom. The first-order valence-corrected chi connectivity index (χ1v) is 6.72. The first-order valence-electron chi connectivity index (χ1n) is 5.97. The molecule has 0 aliphatic rings. The van der Waals surface area contributed by atoms with Gasteiger partial charge in [0.05, 0.1) is 21.7 Å². The smallest absolute Gasteiger partial charge is 0.262 e. The van der Waals surface area contributed by atoms with Crippen LogP contribution in [0.5, 0.6) is 5.75 Å². The quantitative estimate of drug-likeness (QED) is 0.929. The van der Waals surface area contributed by atoms with Crippen molar-refractivity contribution in [3.05, 3.63) is 58.1 Å². The fourth-order valence-corrected chi connectivity index (χ4v) is 2.13. The van der Waals surface area contributed by atoms with Gasteiger partial charge in [0.1, 0.15) is 0 Å². The predicted molar refractivity (Wildman–Crippen MR) is 81.7 cm³/mol. The van der Waals surface area contributed by atoms with Crippen molar-refractivity contribution in [2.24, 2.45) is 0 Å². The largest absolute Gasteiger partial charge is 0.481 e. The van der Waals surface area contributed by atoms with Gasteiger partial charge in [-0.15, -0.1) is 0 Å². The molecule has 106 valence electrons. The zero-order chi connectivity index (χ0) is 15.2. The summed E-state index contributed by atoms with van der Waals surface area (Å²) >= 11 is 11.9. The van der Waals surface area contributed by atoms with Crippen LogP contribution in [0.25, 0.3) is 0 Å². The summed E-state index contributed by atoms with van der Waals surface area (Å²) in [5, 5.41) is 12.1. The molecule has 0 fully saturated rings. The number of nitriles is 1. The number of nitrogens with one attached hydrogen (secondary N) is 1. The average Bonchev–Trinajstić information content (AvgIpc) is 2.47. The van der Waals surface area contributed by atoms with Crippen molar-refractivity contribution < 1.29 is 9.53 Å². The van der Waals surface area contributed by atoms with Crippen LogP contribution in [-0.2, 0) is 4.79 Å². The molecular formula is C15H10Cl2N2O2. The minimum atomic E-state index is -0.374. The van der Waals surface area contributed by atoms with E-state index in [4.69, 9.17) is 33.2 Å². The Morgan fingerprint density at radius 3 is 2.52 bits per heavy atom. The number of benzene rings is 2. The number of amides is 1. The number of anilines is 1. The van der Waals surface area contributed by atoms with Gasteiger partial charge in [0.15, 0.2) is 12.4 Å². The standard InChI is InChI=1S/C15H10Cl2N2O2/c16-12-5-2-6-13(17)15(12)21-9-14(20)19-11-4-1-3-10(7-11)8-18/h1-7H,9H2,(H,19,20). The summed E-state index contributed by atoms with van der Waals surface area (Å²) in [5.41, 5.74) is 0.982. The third kappa shape index (κ3) is 4.12. The van der Waals surface area contributed by atoms with Crippen LogP contribution >= 0.6 is 23.2 Å². The van der Waals surface area contributed by atoms with E-state index in [0.29, 0.717) is 21.3 Å². The maximum Gasteiger partial charge on any atom is 0.262 e. The second kappa shape index (κ2) is 6.98. The fraction of sp³-hybridized carbons (Fsp3) is 0.0667. The fourth-order valence-electron chi connectivity index (χ4n) is 1.62. The van der Waals surface area contributed by atoms with Crippen molar-refractivity contribution in [3.8, 4) is 11.8 Å². The van der Waals surface area contributed by atoms with E-state index in [1.165, 1.54) is 0 Å². The number of para-hydroxylation sites is 1. The number of hydrogen-bond donors (Lipinski definition) is 1. The molecule has 2 aromatic rings. The Balaban J connectivity index is 1.98. The van der Waals surface area contributed by atoms with Crippen LogP contribution in [0.15, 0.2) is 42.5 Å². The normalized spacial score (nSPS) is 9.76. The molecule has 0 bridgehead atoms.